The number of hydrogen-bond acceptors (Lipinski definition) is 5. The van der Waals surface area contributed by atoms with Crippen molar-refractivity contribution in [3.63, 3.8) is 0 Å². The van der Waals surface area contributed by atoms with Crippen LogP contribution in [0.4, 0.5) is 10.5 Å². The molecule has 0 bridgehead atoms. The number of hydrazine groups is 1. The zero-order chi connectivity index (χ0) is 18.7. The van der Waals surface area contributed by atoms with Crippen LogP contribution in [0, 0.1) is 0 Å². The number of nitrogens with one attached hydrogen (secondary N) is 1. The minimum atomic E-state index is -0.396. The first-order valence-electron chi connectivity index (χ1n) is 8.40. The monoisotopic (exact) mass is 373 g/mol. The molecule has 138 valence electrons. The number of aromatic hydroxyl groups is 1. The highest BCUT2D eigenvalue weighted by Gasteiger charge is 2.27. The third-order valence-electron chi connectivity index (χ3n) is 4.30. The molecule has 2 amide bonds. The van der Waals surface area contributed by atoms with E-state index in [2.05, 4.69) is 5.32 Å². The maximum Gasteiger partial charge on any atom is 0.335 e. The summed E-state index contributed by atoms with van der Waals surface area (Å²) >= 11 is 1.59. The van der Waals surface area contributed by atoms with Crippen molar-refractivity contribution in [1.29, 1.82) is 0 Å². The van der Waals surface area contributed by atoms with Crippen molar-refractivity contribution >= 4 is 23.5 Å². The van der Waals surface area contributed by atoms with E-state index in [-0.39, 0.29) is 5.75 Å². The molecule has 0 saturated heterocycles. The van der Waals surface area contributed by atoms with Crippen LogP contribution in [0.5, 0.6) is 11.5 Å². The Hall–Kier alpha value is -2.38. The minimum Gasteiger partial charge on any atom is -0.508 e. The molecule has 0 spiro atoms. The molecule has 26 heavy (non-hydrogen) atoms. The third kappa shape index (κ3) is 4.23. The molecular weight excluding hydrogens is 350 g/mol. The van der Waals surface area contributed by atoms with Gasteiger partial charge in [0, 0.05) is 23.1 Å². The van der Waals surface area contributed by atoms with Gasteiger partial charge in [-0.15, -0.1) is 11.8 Å². The van der Waals surface area contributed by atoms with Crippen molar-refractivity contribution in [2.24, 2.45) is 5.84 Å². The Bertz CT molecular complexity index is 807. The molecule has 1 aliphatic carbocycles. The maximum atomic E-state index is 11.9. The second kappa shape index (κ2) is 7.88. The van der Waals surface area contributed by atoms with Crippen LogP contribution in [-0.4, -0.2) is 29.4 Å². The van der Waals surface area contributed by atoms with Gasteiger partial charge in [0.15, 0.2) is 0 Å². The van der Waals surface area contributed by atoms with Gasteiger partial charge in [0.1, 0.15) is 18.1 Å². The van der Waals surface area contributed by atoms with Crippen molar-refractivity contribution < 1.29 is 14.6 Å². The molecule has 6 nitrogen and oxygen atoms in total. The summed E-state index contributed by atoms with van der Waals surface area (Å²) < 4.78 is 6.08. The minimum absolute atomic E-state index is 0.252. The summed E-state index contributed by atoms with van der Waals surface area (Å²) in [4.78, 5) is 13.0. The first-order valence-corrected chi connectivity index (χ1v) is 9.63. The molecule has 3 rings (SSSR count). The fraction of sp³-hybridized carbons (Fsp3) is 0.316. The normalized spacial score (nSPS) is 13.3. The molecule has 1 aliphatic rings. The van der Waals surface area contributed by atoms with E-state index in [1.165, 1.54) is 7.05 Å². The molecule has 0 unspecified atom stereocenters. The molecule has 7 heteroatoms. The summed E-state index contributed by atoms with van der Waals surface area (Å²) in [7, 11) is 1.49. The number of anilines is 1. The summed E-state index contributed by atoms with van der Waals surface area (Å²) in [6.45, 7) is 0.311. The first kappa shape index (κ1) is 18.4. The second-order valence-electron chi connectivity index (χ2n) is 6.31. The SMILES string of the molecule is CSc1cccc(NC(=O)N(C)N)c1COc1ccc(O)cc1C1CC1. The number of nitrogens with two attached hydrogens (primary N) is 1. The Morgan fingerprint density at radius 3 is 2.81 bits per heavy atom. The third-order valence-corrected chi connectivity index (χ3v) is 5.12. The zero-order valence-electron chi connectivity index (χ0n) is 14.9. The van der Waals surface area contributed by atoms with Gasteiger partial charge in [-0.2, -0.15) is 0 Å². The van der Waals surface area contributed by atoms with E-state index < -0.39 is 6.03 Å². The van der Waals surface area contributed by atoms with E-state index in [1.807, 2.05) is 24.5 Å². The number of urea groups is 1. The average Bonchev–Trinajstić information content (AvgIpc) is 3.46. The van der Waals surface area contributed by atoms with Crippen LogP contribution in [0.1, 0.15) is 29.9 Å². The Labute approximate surface area is 157 Å². The van der Waals surface area contributed by atoms with Crippen molar-refractivity contribution in [2.45, 2.75) is 30.3 Å². The second-order valence-corrected chi connectivity index (χ2v) is 7.16. The molecule has 0 aromatic heterocycles. The Morgan fingerprint density at radius 1 is 1.38 bits per heavy atom. The number of carbonyl (C=O) groups excluding carboxylic acids is 1. The van der Waals surface area contributed by atoms with Crippen molar-refractivity contribution in [1.82, 2.24) is 5.01 Å². The van der Waals surface area contributed by atoms with Gasteiger partial charge in [0.2, 0.25) is 0 Å². The van der Waals surface area contributed by atoms with Crippen LogP contribution in [0.2, 0.25) is 0 Å². The lowest BCUT2D eigenvalue weighted by Crippen LogP contribution is -2.37. The van der Waals surface area contributed by atoms with Gasteiger partial charge in [-0.05, 0) is 55.3 Å². The quantitative estimate of drug-likeness (QED) is 0.309. The van der Waals surface area contributed by atoms with Crippen LogP contribution >= 0.6 is 11.8 Å². The molecule has 0 aliphatic heterocycles. The lowest BCUT2D eigenvalue weighted by Gasteiger charge is -2.18. The highest BCUT2D eigenvalue weighted by molar-refractivity contribution is 7.98. The average molecular weight is 373 g/mol. The number of phenolic OH excluding ortho intramolecular Hbond substituents is 1. The van der Waals surface area contributed by atoms with Gasteiger partial charge < -0.3 is 15.2 Å². The van der Waals surface area contributed by atoms with Gasteiger partial charge in [-0.1, -0.05) is 6.07 Å². The Morgan fingerprint density at radius 2 is 2.15 bits per heavy atom. The maximum absolute atomic E-state index is 11.9. The Balaban J connectivity index is 1.84. The van der Waals surface area contributed by atoms with Gasteiger partial charge >= 0.3 is 6.03 Å². The molecule has 4 N–H and O–H groups in total. The van der Waals surface area contributed by atoms with E-state index in [9.17, 15) is 9.90 Å². The molecule has 1 fully saturated rings. The van der Waals surface area contributed by atoms with Crippen molar-refractivity contribution in [3.05, 3.63) is 47.5 Å². The van der Waals surface area contributed by atoms with Crippen LogP contribution in [-0.2, 0) is 6.61 Å². The molecule has 0 heterocycles. The van der Waals surface area contributed by atoms with Crippen LogP contribution < -0.4 is 15.9 Å². The molecular formula is C19H23N3O3S. The summed E-state index contributed by atoms with van der Waals surface area (Å²) in [6.07, 6.45) is 4.21. The molecule has 2 aromatic rings. The summed E-state index contributed by atoms with van der Waals surface area (Å²) in [5.74, 6) is 6.99. The van der Waals surface area contributed by atoms with E-state index >= 15 is 0 Å². The summed E-state index contributed by atoms with van der Waals surface area (Å²) in [6, 6.07) is 10.5. The number of phenols is 1. The smallest absolute Gasteiger partial charge is 0.335 e. The standard InChI is InChI=1S/C19H23N3O3S/c1-22(20)19(24)21-16-4-3-5-18(26-2)15(16)11-25-17-9-8-13(23)10-14(17)12-6-7-12/h3-5,8-10,12,23H,6-7,11,20H2,1-2H3,(H,21,24). The fourth-order valence-corrected chi connectivity index (χ4v) is 3.39. The predicted molar refractivity (Wildman–Crippen MR) is 104 cm³/mol. The molecule has 2 aromatic carbocycles. The highest BCUT2D eigenvalue weighted by atomic mass is 32.2. The van der Waals surface area contributed by atoms with Crippen molar-refractivity contribution in [2.75, 3.05) is 18.6 Å². The lowest BCUT2D eigenvalue weighted by molar-refractivity contribution is 0.223. The topological polar surface area (TPSA) is 87.8 Å². The summed E-state index contributed by atoms with van der Waals surface area (Å²) in [5.41, 5.74) is 2.61. The highest BCUT2D eigenvalue weighted by Crippen LogP contribution is 2.45. The zero-order valence-corrected chi connectivity index (χ0v) is 15.7. The van der Waals surface area contributed by atoms with E-state index in [0.29, 0.717) is 18.2 Å². The largest absolute Gasteiger partial charge is 0.508 e. The molecule has 1 saturated carbocycles. The number of carbonyl (C=O) groups is 1. The fourth-order valence-electron chi connectivity index (χ4n) is 2.76. The van der Waals surface area contributed by atoms with Gasteiger partial charge in [0.05, 0.1) is 5.69 Å². The van der Waals surface area contributed by atoms with Gasteiger partial charge in [0.25, 0.3) is 0 Å². The van der Waals surface area contributed by atoms with Gasteiger partial charge in [-0.25, -0.2) is 10.6 Å². The number of amides is 2. The summed E-state index contributed by atoms with van der Waals surface area (Å²) in [5, 5.41) is 13.6. The Kier molecular flexibility index (Phi) is 5.58. The number of rotatable bonds is 6. The molecule has 0 atom stereocenters. The first-order chi connectivity index (χ1) is 12.5. The van der Waals surface area contributed by atoms with E-state index in [1.54, 1.807) is 30.0 Å². The number of ether oxygens (including phenoxy) is 1. The lowest BCUT2D eigenvalue weighted by atomic mass is 10.1. The number of nitrogens with zero attached hydrogens (tertiary/aromatic N) is 1. The van der Waals surface area contributed by atoms with Crippen LogP contribution in [0.15, 0.2) is 41.3 Å². The number of thioether (sulfide) groups is 1. The van der Waals surface area contributed by atoms with Crippen molar-refractivity contribution in [3.8, 4) is 11.5 Å². The van der Waals surface area contributed by atoms with Crippen LogP contribution in [0.3, 0.4) is 0 Å². The predicted octanol–water partition coefficient (Wildman–Crippen LogP) is 3.91. The van der Waals surface area contributed by atoms with Gasteiger partial charge in [-0.3, -0.25) is 5.01 Å². The number of benzene rings is 2. The van der Waals surface area contributed by atoms with Crippen LogP contribution in [0.25, 0.3) is 0 Å². The van der Waals surface area contributed by atoms with E-state index in [4.69, 9.17) is 10.6 Å². The van der Waals surface area contributed by atoms with E-state index in [0.717, 1.165) is 39.6 Å². The number of hydrogen-bond donors (Lipinski definition) is 3. The molecule has 0 radical (unpaired) electrons.